The maximum absolute atomic E-state index is 13.3. The maximum Gasteiger partial charge on any atom is 0.338 e. The highest BCUT2D eigenvalue weighted by Crippen LogP contribution is 2.22. The highest BCUT2D eigenvalue weighted by molar-refractivity contribution is 5.91. The summed E-state index contributed by atoms with van der Waals surface area (Å²) in [6.07, 6.45) is 0. The van der Waals surface area contributed by atoms with E-state index in [9.17, 15) is 19.3 Å². The molecular formula is C15H13FN2O5. The van der Waals surface area contributed by atoms with Gasteiger partial charge in [0.25, 0.3) is 5.69 Å². The SMILES string of the molecule is Nc1ccc(C(=O)OCCOc2ccccc2F)cc1[N+](=O)[O-]. The van der Waals surface area contributed by atoms with Gasteiger partial charge in [-0.2, -0.15) is 0 Å². The van der Waals surface area contributed by atoms with Crippen LogP contribution in [0.3, 0.4) is 0 Å². The van der Waals surface area contributed by atoms with Crippen molar-refractivity contribution in [1.82, 2.24) is 0 Å². The summed E-state index contributed by atoms with van der Waals surface area (Å²) in [6.45, 7) is -0.185. The lowest BCUT2D eigenvalue weighted by molar-refractivity contribution is -0.383. The van der Waals surface area contributed by atoms with E-state index in [1.807, 2.05) is 0 Å². The van der Waals surface area contributed by atoms with Gasteiger partial charge in [-0.1, -0.05) is 12.1 Å². The van der Waals surface area contributed by atoms with Crippen molar-refractivity contribution in [3.05, 3.63) is 64.0 Å². The third kappa shape index (κ3) is 4.16. The maximum atomic E-state index is 13.3. The number of hydrogen-bond acceptors (Lipinski definition) is 6. The molecule has 0 radical (unpaired) electrons. The minimum Gasteiger partial charge on any atom is -0.487 e. The van der Waals surface area contributed by atoms with Gasteiger partial charge in [0.05, 0.1) is 10.5 Å². The molecule has 0 aromatic heterocycles. The van der Waals surface area contributed by atoms with Gasteiger partial charge in [0, 0.05) is 6.07 Å². The van der Waals surface area contributed by atoms with E-state index in [-0.39, 0.29) is 35.9 Å². The van der Waals surface area contributed by atoms with Crippen molar-refractivity contribution >= 4 is 17.3 Å². The molecule has 2 N–H and O–H groups in total. The second kappa shape index (κ2) is 7.21. The Morgan fingerprint density at radius 2 is 1.96 bits per heavy atom. The lowest BCUT2D eigenvalue weighted by Gasteiger charge is -2.08. The van der Waals surface area contributed by atoms with Crippen LogP contribution in [0.4, 0.5) is 15.8 Å². The van der Waals surface area contributed by atoms with Crippen molar-refractivity contribution in [2.75, 3.05) is 18.9 Å². The first kappa shape index (κ1) is 16.2. The number of nitro groups is 1. The van der Waals surface area contributed by atoms with Crippen molar-refractivity contribution in [2.45, 2.75) is 0 Å². The molecule has 0 aliphatic carbocycles. The lowest BCUT2D eigenvalue weighted by atomic mass is 10.2. The first-order chi connectivity index (χ1) is 11.0. The Hall–Kier alpha value is -3.16. The molecule has 0 saturated carbocycles. The van der Waals surface area contributed by atoms with Crippen LogP contribution in [0.1, 0.15) is 10.4 Å². The molecule has 2 aromatic carbocycles. The summed E-state index contributed by atoms with van der Waals surface area (Å²) in [4.78, 5) is 21.9. The smallest absolute Gasteiger partial charge is 0.338 e. The van der Waals surface area contributed by atoms with Crippen molar-refractivity contribution in [3.63, 3.8) is 0 Å². The van der Waals surface area contributed by atoms with Crippen LogP contribution in [-0.2, 0) is 4.74 Å². The third-order valence-corrected chi connectivity index (χ3v) is 2.87. The molecule has 0 fully saturated rings. The van der Waals surface area contributed by atoms with Crippen molar-refractivity contribution in [1.29, 1.82) is 0 Å². The van der Waals surface area contributed by atoms with Crippen LogP contribution in [0, 0.1) is 15.9 Å². The quantitative estimate of drug-likeness (QED) is 0.288. The molecule has 23 heavy (non-hydrogen) atoms. The number of carbonyl (C=O) groups is 1. The number of anilines is 1. The first-order valence-electron chi connectivity index (χ1n) is 6.57. The molecular weight excluding hydrogens is 307 g/mol. The molecule has 120 valence electrons. The number of nitrogens with two attached hydrogens (primary N) is 1. The molecule has 0 saturated heterocycles. The van der Waals surface area contributed by atoms with Crippen molar-refractivity contribution in [3.8, 4) is 5.75 Å². The Balaban J connectivity index is 1.89. The number of para-hydroxylation sites is 1. The van der Waals surface area contributed by atoms with Gasteiger partial charge in [-0.25, -0.2) is 9.18 Å². The summed E-state index contributed by atoms with van der Waals surface area (Å²) in [5.41, 5.74) is 5.02. The summed E-state index contributed by atoms with van der Waals surface area (Å²) in [6, 6.07) is 9.44. The van der Waals surface area contributed by atoms with Gasteiger partial charge in [-0.3, -0.25) is 10.1 Å². The normalized spacial score (nSPS) is 10.1. The Morgan fingerprint density at radius 1 is 1.22 bits per heavy atom. The number of nitrogen functional groups attached to an aromatic ring is 1. The molecule has 7 nitrogen and oxygen atoms in total. The van der Waals surface area contributed by atoms with Crippen LogP contribution in [0.2, 0.25) is 0 Å². The standard InChI is InChI=1S/C15H13FN2O5/c16-11-3-1-2-4-14(11)22-7-8-23-15(19)10-5-6-12(17)13(9-10)18(20)21/h1-6,9H,7-8,17H2. The number of halogens is 1. The number of benzene rings is 2. The number of carbonyl (C=O) groups excluding carboxylic acids is 1. The fraction of sp³-hybridized carbons (Fsp3) is 0.133. The first-order valence-corrected chi connectivity index (χ1v) is 6.57. The Labute approximate surface area is 130 Å². The largest absolute Gasteiger partial charge is 0.487 e. The zero-order valence-corrected chi connectivity index (χ0v) is 11.9. The van der Waals surface area contributed by atoms with E-state index >= 15 is 0 Å². The van der Waals surface area contributed by atoms with E-state index in [1.54, 1.807) is 6.07 Å². The Kier molecular flexibility index (Phi) is 5.08. The average molecular weight is 320 g/mol. The molecule has 0 amide bonds. The number of ether oxygens (including phenoxy) is 2. The zero-order chi connectivity index (χ0) is 16.8. The van der Waals surface area contributed by atoms with E-state index in [0.29, 0.717) is 0 Å². The summed E-state index contributed by atoms with van der Waals surface area (Å²) in [5, 5.41) is 10.8. The van der Waals surface area contributed by atoms with Crippen LogP contribution in [0.5, 0.6) is 5.75 Å². The molecule has 8 heteroatoms. The second-order valence-electron chi connectivity index (χ2n) is 4.45. The number of nitrogens with zero attached hydrogens (tertiary/aromatic N) is 1. The van der Waals surface area contributed by atoms with E-state index in [0.717, 1.165) is 6.07 Å². The average Bonchev–Trinajstić information content (AvgIpc) is 2.53. The highest BCUT2D eigenvalue weighted by atomic mass is 19.1. The molecule has 0 bridgehead atoms. The number of esters is 1. The summed E-state index contributed by atoms with van der Waals surface area (Å²) < 4.78 is 23.3. The van der Waals surface area contributed by atoms with Gasteiger partial charge in [0.2, 0.25) is 0 Å². The van der Waals surface area contributed by atoms with E-state index in [4.69, 9.17) is 15.2 Å². The lowest BCUT2D eigenvalue weighted by Crippen LogP contribution is -2.13. The fourth-order valence-corrected chi connectivity index (χ4v) is 1.76. The molecule has 0 spiro atoms. The molecule has 0 atom stereocenters. The fourth-order valence-electron chi connectivity index (χ4n) is 1.76. The van der Waals surface area contributed by atoms with E-state index < -0.39 is 16.7 Å². The van der Waals surface area contributed by atoms with Gasteiger partial charge in [0.1, 0.15) is 18.9 Å². The van der Waals surface area contributed by atoms with Gasteiger partial charge < -0.3 is 15.2 Å². The van der Waals surface area contributed by atoms with E-state index in [2.05, 4.69) is 0 Å². The van der Waals surface area contributed by atoms with Crippen molar-refractivity contribution in [2.24, 2.45) is 0 Å². The molecule has 2 aromatic rings. The summed E-state index contributed by atoms with van der Waals surface area (Å²) >= 11 is 0. The van der Waals surface area contributed by atoms with Crippen LogP contribution in [-0.4, -0.2) is 24.1 Å². The summed E-state index contributed by atoms with van der Waals surface area (Å²) in [7, 11) is 0. The molecule has 0 unspecified atom stereocenters. The molecule has 0 aliphatic heterocycles. The third-order valence-electron chi connectivity index (χ3n) is 2.87. The minimum absolute atomic E-state index is 0.00297. The molecule has 2 rings (SSSR count). The van der Waals surface area contributed by atoms with E-state index in [1.165, 1.54) is 30.3 Å². The van der Waals surface area contributed by atoms with Crippen LogP contribution < -0.4 is 10.5 Å². The number of rotatable bonds is 6. The molecule has 0 heterocycles. The minimum atomic E-state index is -0.759. The van der Waals surface area contributed by atoms with Gasteiger partial charge in [0.15, 0.2) is 11.6 Å². The molecule has 0 aliphatic rings. The van der Waals surface area contributed by atoms with Gasteiger partial charge in [-0.05, 0) is 24.3 Å². The number of nitro benzene ring substituents is 1. The van der Waals surface area contributed by atoms with Crippen molar-refractivity contribution < 1.29 is 23.6 Å². The predicted octanol–water partition coefficient (Wildman–Crippen LogP) is 2.55. The predicted molar refractivity (Wildman–Crippen MR) is 79.7 cm³/mol. The van der Waals surface area contributed by atoms with Crippen LogP contribution >= 0.6 is 0 Å². The topological polar surface area (TPSA) is 105 Å². The highest BCUT2D eigenvalue weighted by Gasteiger charge is 2.16. The Morgan fingerprint density at radius 3 is 2.65 bits per heavy atom. The van der Waals surface area contributed by atoms with Gasteiger partial charge >= 0.3 is 5.97 Å². The monoisotopic (exact) mass is 320 g/mol. The number of hydrogen-bond donors (Lipinski definition) is 1. The summed E-state index contributed by atoms with van der Waals surface area (Å²) in [5.74, 6) is -1.23. The zero-order valence-electron chi connectivity index (χ0n) is 11.9. The second-order valence-corrected chi connectivity index (χ2v) is 4.45. The van der Waals surface area contributed by atoms with Crippen LogP contribution in [0.25, 0.3) is 0 Å². The van der Waals surface area contributed by atoms with Gasteiger partial charge in [-0.15, -0.1) is 0 Å². The Bertz CT molecular complexity index is 736. The van der Waals surface area contributed by atoms with Crippen LogP contribution in [0.15, 0.2) is 42.5 Å².